The van der Waals surface area contributed by atoms with Crippen LogP contribution in [0.1, 0.15) is 17.2 Å². The second kappa shape index (κ2) is 7.86. The number of aliphatic hydroxyl groups is 1. The van der Waals surface area contributed by atoms with Crippen LogP contribution in [0.4, 0.5) is 18.9 Å². The molecule has 0 spiro atoms. The van der Waals surface area contributed by atoms with Crippen molar-refractivity contribution in [3.63, 3.8) is 0 Å². The van der Waals surface area contributed by atoms with Crippen molar-refractivity contribution in [2.45, 2.75) is 12.3 Å². The Kier molecular flexibility index (Phi) is 5.75. The average molecular weight is 386 g/mol. The number of rotatable bonds is 4. The van der Waals surface area contributed by atoms with E-state index in [-0.39, 0.29) is 0 Å². The minimum Gasteiger partial charge on any atom is -0.382 e. The SMILES string of the molecule is O[C@H](C[NH+]1CCN(c2cccc(Cl)c2)CC1)c1ccc(C(F)(F)F)cc1. The molecular weight excluding hydrogens is 365 g/mol. The Morgan fingerprint density at radius 2 is 1.73 bits per heavy atom. The van der Waals surface area contributed by atoms with E-state index < -0.39 is 17.8 Å². The molecule has 3 nitrogen and oxygen atoms in total. The maximum atomic E-state index is 12.6. The number of quaternary nitrogens is 1. The van der Waals surface area contributed by atoms with Gasteiger partial charge in [0.05, 0.1) is 31.7 Å². The fraction of sp³-hybridized carbons (Fsp3) is 0.368. The molecule has 2 aromatic carbocycles. The molecule has 0 aromatic heterocycles. The molecule has 1 saturated heterocycles. The van der Waals surface area contributed by atoms with Gasteiger partial charge in [-0.1, -0.05) is 29.8 Å². The summed E-state index contributed by atoms with van der Waals surface area (Å²) in [5, 5.41) is 11.1. The van der Waals surface area contributed by atoms with E-state index in [0.29, 0.717) is 17.1 Å². The molecule has 0 saturated carbocycles. The number of benzene rings is 2. The first kappa shape index (κ1) is 19.0. The number of hydrogen-bond donors (Lipinski definition) is 2. The first-order valence-corrected chi connectivity index (χ1v) is 8.90. The van der Waals surface area contributed by atoms with Crippen LogP contribution in [0.15, 0.2) is 48.5 Å². The van der Waals surface area contributed by atoms with Crippen molar-refractivity contribution in [2.75, 3.05) is 37.6 Å². The molecule has 1 aliphatic rings. The Labute approximate surface area is 155 Å². The van der Waals surface area contributed by atoms with Gasteiger partial charge in [0.15, 0.2) is 0 Å². The van der Waals surface area contributed by atoms with Crippen LogP contribution < -0.4 is 9.80 Å². The number of alkyl halides is 3. The van der Waals surface area contributed by atoms with E-state index in [2.05, 4.69) is 4.90 Å². The van der Waals surface area contributed by atoms with Crippen LogP contribution in [0, 0.1) is 0 Å². The molecule has 0 amide bonds. The Morgan fingerprint density at radius 1 is 1.08 bits per heavy atom. The molecular formula is C19H21ClF3N2O+. The van der Waals surface area contributed by atoms with Crippen molar-refractivity contribution in [3.8, 4) is 0 Å². The molecule has 7 heteroatoms. The topological polar surface area (TPSA) is 27.9 Å². The van der Waals surface area contributed by atoms with E-state index >= 15 is 0 Å². The Balaban J connectivity index is 1.54. The smallest absolute Gasteiger partial charge is 0.382 e. The van der Waals surface area contributed by atoms with Crippen molar-refractivity contribution < 1.29 is 23.2 Å². The van der Waals surface area contributed by atoms with Crippen LogP contribution in [0.3, 0.4) is 0 Å². The van der Waals surface area contributed by atoms with Gasteiger partial charge in [-0.2, -0.15) is 13.2 Å². The summed E-state index contributed by atoms with van der Waals surface area (Å²) in [5.41, 5.74) is 0.901. The third-order valence-corrected chi connectivity index (χ3v) is 4.98. The van der Waals surface area contributed by atoms with Crippen molar-refractivity contribution in [1.29, 1.82) is 0 Å². The van der Waals surface area contributed by atoms with Crippen molar-refractivity contribution in [2.24, 2.45) is 0 Å². The normalized spacial score (nSPS) is 17.3. The summed E-state index contributed by atoms with van der Waals surface area (Å²) in [6, 6.07) is 12.5. The largest absolute Gasteiger partial charge is 0.416 e. The molecule has 26 heavy (non-hydrogen) atoms. The van der Waals surface area contributed by atoms with E-state index in [0.717, 1.165) is 44.0 Å². The molecule has 3 rings (SSSR count). The highest BCUT2D eigenvalue weighted by Gasteiger charge is 2.30. The van der Waals surface area contributed by atoms with E-state index in [4.69, 9.17) is 11.6 Å². The summed E-state index contributed by atoms with van der Waals surface area (Å²) in [6.45, 7) is 3.87. The minimum absolute atomic E-state index is 0.481. The number of aliphatic hydroxyl groups excluding tert-OH is 1. The average Bonchev–Trinajstić information content (AvgIpc) is 2.62. The van der Waals surface area contributed by atoms with Gasteiger partial charge in [-0.25, -0.2) is 0 Å². The first-order valence-electron chi connectivity index (χ1n) is 8.52. The maximum absolute atomic E-state index is 12.6. The van der Waals surface area contributed by atoms with Crippen LogP contribution in [0.2, 0.25) is 5.02 Å². The Morgan fingerprint density at radius 3 is 2.31 bits per heavy atom. The quantitative estimate of drug-likeness (QED) is 0.847. The Bertz CT molecular complexity index is 728. The van der Waals surface area contributed by atoms with E-state index in [9.17, 15) is 18.3 Å². The summed E-state index contributed by atoms with van der Waals surface area (Å²) in [6.07, 6.45) is -5.13. The van der Waals surface area contributed by atoms with Crippen LogP contribution >= 0.6 is 11.6 Å². The lowest BCUT2D eigenvalue weighted by Gasteiger charge is -2.34. The van der Waals surface area contributed by atoms with Gasteiger partial charge >= 0.3 is 6.18 Å². The second-order valence-corrected chi connectivity index (χ2v) is 6.99. The second-order valence-electron chi connectivity index (χ2n) is 6.56. The number of piperazine rings is 1. The van der Waals surface area contributed by atoms with Crippen LogP contribution in [0.25, 0.3) is 0 Å². The summed E-state index contributed by atoms with van der Waals surface area (Å²) >= 11 is 6.03. The fourth-order valence-corrected chi connectivity index (χ4v) is 3.43. The highest BCUT2D eigenvalue weighted by atomic mass is 35.5. The van der Waals surface area contributed by atoms with E-state index in [1.165, 1.54) is 17.0 Å². The number of nitrogens with one attached hydrogen (secondary N) is 1. The highest BCUT2D eigenvalue weighted by Crippen LogP contribution is 2.29. The van der Waals surface area contributed by atoms with Gasteiger partial charge in [0, 0.05) is 10.7 Å². The predicted molar refractivity (Wildman–Crippen MR) is 95.6 cm³/mol. The third kappa shape index (κ3) is 4.69. The summed E-state index contributed by atoms with van der Waals surface area (Å²) in [7, 11) is 0. The molecule has 1 atom stereocenters. The van der Waals surface area contributed by atoms with Crippen LogP contribution in [-0.4, -0.2) is 37.8 Å². The zero-order valence-electron chi connectivity index (χ0n) is 14.1. The number of nitrogens with zero attached hydrogens (tertiary/aromatic N) is 1. The molecule has 140 valence electrons. The van der Waals surface area contributed by atoms with Gasteiger partial charge in [-0.05, 0) is 35.9 Å². The third-order valence-electron chi connectivity index (χ3n) is 4.75. The Hall–Kier alpha value is -1.76. The molecule has 0 aliphatic carbocycles. The van der Waals surface area contributed by atoms with Crippen molar-refractivity contribution in [1.82, 2.24) is 0 Å². The van der Waals surface area contributed by atoms with Gasteiger partial charge in [-0.15, -0.1) is 0 Å². The lowest BCUT2D eigenvalue weighted by atomic mass is 10.1. The molecule has 1 aliphatic heterocycles. The van der Waals surface area contributed by atoms with E-state index in [1.807, 2.05) is 24.3 Å². The van der Waals surface area contributed by atoms with Gasteiger partial charge in [-0.3, -0.25) is 0 Å². The molecule has 1 heterocycles. The lowest BCUT2D eigenvalue weighted by molar-refractivity contribution is -0.904. The van der Waals surface area contributed by atoms with Crippen LogP contribution in [-0.2, 0) is 6.18 Å². The van der Waals surface area contributed by atoms with Crippen LogP contribution in [0.5, 0.6) is 0 Å². The molecule has 0 radical (unpaired) electrons. The fourth-order valence-electron chi connectivity index (χ4n) is 3.24. The van der Waals surface area contributed by atoms with Gasteiger partial charge in [0.2, 0.25) is 0 Å². The minimum atomic E-state index is -4.36. The number of halogens is 4. The van der Waals surface area contributed by atoms with Gasteiger partial charge in [0.1, 0.15) is 12.6 Å². The van der Waals surface area contributed by atoms with Gasteiger partial charge < -0.3 is 14.9 Å². The zero-order valence-corrected chi connectivity index (χ0v) is 14.9. The number of anilines is 1. The molecule has 0 unspecified atom stereocenters. The summed E-state index contributed by atoms with van der Waals surface area (Å²) in [4.78, 5) is 3.48. The van der Waals surface area contributed by atoms with Gasteiger partial charge in [0.25, 0.3) is 0 Å². The zero-order chi connectivity index (χ0) is 18.7. The lowest BCUT2D eigenvalue weighted by Crippen LogP contribution is -3.15. The first-order chi connectivity index (χ1) is 12.3. The predicted octanol–water partition coefficient (Wildman–Crippen LogP) is 2.80. The van der Waals surface area contributed by atoms with Crippen molar-refractivity contribution in [3.05, 3.63) is 64.7 Å². The molecule has 1 fully saturated rings. The molecule has 2 aromatic rings. The monoisotopic (exact) mass is 385 g/mol. The maximum Gasteiger partial charge on any atom is 0.416 e. The highest BCUT2D eigenvalue weighted by molar-refractivity contribution is 6.30. The molecule has 2 N–H and O–H groups in total. The number of hydrogen-bond acceptors (Lipinski definition) is 2. The summed E-state index contributed by atoms with van der Waals surface area (Å²) < 4.78 is 37.8. The van der Waals surface area contributed by atoms with E-state index in [1.54, 1.807) is 0 Å². The molecule has 0 bridgehead atoms. The summed E-state index contributed by atoms with van der Waals surface area (Å²) in [5.74, 6) is 0. The standard InChI is InChI=1S/C19H20ClF3N2O/c20-16-2-1-3-17(12-16)25-10-8-24(9-11-25)13-18(26)14-4-6-15(7-5-14)19(21,22)23/h1-7,12,18,26H,8-11,13H2/p+1/t18-/m1/s1. The van der Waals surface area contributed by atoms with Crippen molar-refractivity contribution >= 4 is 17.3 Å².